The Balaban J connectivity index is 1.67. The number of rotatable bonds is 6. The maximum absolute atomic E-state index is 12.5. The second-order valence-electron chi connectivity index (χ2n) is 5.33. The summed E-state index contributed by atoms with van der Waals surface area (Å²) in [6.07, 6.45) is 3.55. The Kier molecular flexibility index (Phi) is 5.26. The van der Waals surface area contributed by atoms with E-state index >= 15 is 0 Å². The first-order chi connectivity index (χ1) is 12.2. The third-order valence-electron chi connectivity index (χ3n) is 3.64. The van der Waals surface area contributed by atoms with Gasteiger partial charge in [0.25, 0.3) is 5.91 Å². The van der Waals surface area contributed by atoms with E-state index in [9.17, 15) is 10.1 Å². The van der Waals surface area contributed by atoms with Crippen LogP contribution in [0, 0.1) is 18.3 Å². The monoisotopic (exact) mass is 351 g/mol. The van der Waals surface area contributed by atoms with Crippen molar-refractivity contribution in [1.82, 2.24) is 9.88 Å². The summed E-state index contributed by atoms with van der Waals surface area (Å²) in [6, 6.07) is 15.8. The van der Waals surface area contributed by atoms with Gasteiger partial charge in [0.2, 0.25) is 5.88 Å². The Morgan fingerprint density at radius 3 is 2.64 bits per heavy atom. The molecule has 0 spiro atoms. The highest BCUT2D eigenvalue weighted by Gasteiger charge is 2.24. The lowest BCUT2D eigenvalue weighted by atomic mass is 10.1. The van der Waals surface area contributed by atoms with Gasteiger partial charge in [-0.3, -0.25) is 9.36 Å². The molecule has 0 saturated carbocycles. The maximum atomic E-state index is 12.5. The topological polar surface area (TPSA) is 71.0 Å². The van der Waals surface area contributed by atoms with Gasteiger partial charge in [-0.1, -0.05) is 18.2 Å². The third kappa shape index (κ3) is 3.78. The van der Waals surface area contributed by atoms with Crippen molar-refractivity contribution < 1.29 is 9.21 Å². The summed E-state index contributed by atoms with van der Waals surface area (Å²) in [4.78, 5) is 13.7. The molecule has 0 unspecified atom stereocenters. The Morgan fingerprint density at radius 2 is 1.96 bits per heavy atom. The molecule has 2 heterocycles. The van der Waals surface area contributed by atoms with Crippen molar-refractivity contribution in [2.75, 3.05) is 12.3 Å². The molecular formula is C19H17N3O2S. The van der Waals surface area contributed by atoms with Gasteiger partial charge in [-0.05, 0) is 31.2 Å². The molecule has 0 fully saturated rings. The Morgan fingerprint density at radius 1 is 1.24 bits per heavy atom. The first-order valence-electron chi connectivity index (χ1n) is 7.83. The summed E-state index contributed by atoms with van der Waals surface area (Å²) in [5.74, 6) is 1.27. The van der Waals surface area contributed by atoms with E-state index in [1.165, 1.54) is 0 Å². The molecule has 0 saturated heterocycles. The van der Waals surface area contributed by atoms with Crippen LogP contribution < -0.4 is 5.32 Å². The van der Waals surface area contributed by atoms with Crippen molar-refractivity contribution in [3.63, 3.8) is 0 Å². The standard InChI is InChI=1S/C19H17N3O2S/c1-14-17(16(13-20)19(24-14)22-10-5-6-11-22)18(23)21-9-12-25-15-7-3-2-4-8-15/h2-8,10-11H,9,12H2,1H3,(H,21,23). The molecule has 1 amide bonds. The van der Waals surface area contributed by atoms with Crippen LogP contribution in [0.2, 0.25) is 0 Å². The molecule has 1 N–H and O–H groups in total. The fraction of sp³-hybridized carbons (Fsp3) is 0.158. The zero-order valence-electron chi connectivity index (χ0n) is 13.7. The van der Waals surface area contributed by atoms with Gasteiger partial charge in [0.1, 0.15) is 23.0 Å². The van der Waals surface area contributed by atoms with Gasteiger partial charge in [0.15, 0.2) is 0 Å². The number of hydrogen-bond acceptors (Lipinski definition) is 4. The first kappa shape index (κ1) is 16.9. The minimum absolute atomic E-state index is 0.252. The number of nitriles is 1. The van der Waals surface area contributed by atoms with Crippen molar-refractivity contribution in [3.05, 3.63) is 71.7 Å². The molecule has 25 heavy (non-hydrogen) atoms. The lowest BCUT2D eigenvalue weighted by Crippen LogP contribution is -2.26. The number of carbonyl (C=O) groups excluding carboxylic acids is 1. The summed E-state index contributed by atoms with van der Waals surface area (Å²) in [7, 11) is 0. The van der Waals surface area contributed by atoms with Crippen LogP contribution in [0.25, 0.3) is 5.88 Å². The average Bonchev–Trinajstić information content (AvgIpc) is 3.26. The predicted octanol–water partition coefficient (Wildman–Crippen LogP) is 3.77. The Bertz CT molecular complexity index is 893. The first-order valence-corrected chi connectivity index (χ1v) is 8.82. The zero-order valence-corrected chi connectivity index (χ0v) is 14.5. The van der Waals surface area contributed by atoms with E-state index in [1.54, 1.807) is 35.6 Å². The summed E-state index contributed by atoms with van der Waals surface area (Å²) < 4.78 is 7.34. The van der Waals surface area contributed by atoms with Crippen LogP contribution in [0.5, 0.6) is 0 Å². The van der Waals surface area contributed by atoms with Crippen LogP contribution >= 0.6 is 11.8 Å². The second kappa shape index (κ2) is 7.77. The van der Waals surface area contributed by atoms with Crippen LogP contribution in [0.3, 0.4) is 0 Å². The van der Waals surface area contributed by atoms with Crippen LogP contribution in [-0.2, 0) is 0 Å². The van der Waals surface area contributed by atoms with E-state index < -0.39 is 0 Å². The minimum Gasteiger partial charge on any atom is -0.443 e. The van der Waals surface area contributed by atoms with Crippen LogP contribution in [0.1, 0.15) is 21.7 Å². The van der Waals surface area contributed by atoms with Gasteiger partial charge >= 0.3 is 0 Å². The molecule has 0 atom stereocenters. The summed E-state index contributed by atoms with van der Waals surface area (Å²) in [5.41, 5.74) is 0.554. The number of aromatic nitrogens is 1. The van der Waals surface area contributed by atoms with Gasteiger partial charge < -0.3 is 9.73 Å². The molecule has 126 valence electrons. The third-order valence-corrected chi connectivity index (χ3v) is 4.66. The predicted molar refractivity (Wildman–Crippen MR) is 97.0 cm³/mol. The van der Waals surface area contributed by atoms with E-state index in [-0.39, 0.29) is 11.5 Å². The van der Waals surface area contributed by atoms with E-state index in [4.69, 9.17) is 4.42 Å². The molecule has 5 nitrogen and oxygen atoms in total. The maximum Gasteiger partial charge on any atom is 0.256 e. The van der Waals surface area contributed by atoms with Crippen LogP contribution in [0.4, 0.5) is 0 Å². The minimum atomic E-state index is -0.287. The quantitative estimate of drug-likeness (QED) is 0.542. The molecule has 0 aliphatic rings. The van der Waals surface area contributed by atoms with Gasteiger partial charge in [-0.2, -0.15) is 5.26 Å². The van der Waals surface area contributed by atoms with Crippen molar-refractivity contribution in [2.45, 2.75) is 11.8 Å². The lowest BCUT2D eigenvalue weighted by molar-refractivity contribution is 0.0954. The summed E-state index contributed by atoms with van der Waals surface area (Å²) >= 11 is 1.67. The summed E-state index contributed by atoms with van der Waals surface area (Å²) in [5, 5.41) is 12.3. The largest absolute Gasteiger partial charge is 0.443 e. The number of amides is 1. The second-order valence-corrected chi connectivity index (χ2v) is 6.50. The number of furan rings is 1. The Hall–Kier alpha value is -2.91. The smallest absolute Gasteiger partial charge is 0.256 e. The van der Waals surface area contributed by atoms with Gasteiger partial charge in [0.05, 0.1) is 0 Å². The van der Waals surface area contributed by atoms with Gasteiger partial charge in [0, 0.05) is 29.6 Å². The number of thioether (sulfide) groups is 1. The van der Waals surface area contributed by atoms with Crippen LogP contribution in [0.15, 0.2) is 64.2 Å². The summed E-state index contributed by atoms with van der Waals surface area (Å²) in [6.45, 7) is 2.20. The highest BCUT2D eigenvalue weighted by atomic mass is 32.2. The van der Waals surface area contributed by atoms with Gasteiger partial charge in [-0.25, -0.2) is 0 Å². The molecule has 0 bridgehead atoms. The number of nitrogens with one attached hydrogen (secondary N) is 1. The number of aryl methyl sites for hydroxylation is 1. The number of carbonyl (C=O) groups is 1. The normalized spacial score (nSPS) is 10.4. The molecule has 1 aromatic carbocycles. The van der Waals surface area contributed by atoms with E-state index in [0.29, 0.717) is 23.8 Å². The molecule has 3 rings (SSSR count). The fourth-order valence-corrected chi connectivity index (χ4v) is 3.29. The van der Waals surface area contributed by atoms with Crippen molar-refractivity contribution >= 4 is 17.7 Å². The molecule has 0 aliphatic carbocycles. The SMILES string of the molecule is Cc1oc(-n2cccc2)c(C#N)c1C(=O)NCCSc1ccccc1. The molecule has 0 aliphatic heterocycles. The molecule has 2 aromatic heterocycles. The number of nitrogens with zero attached hydrogens (tertiary/aromatic N) is 2. The molecule has 0 radical (unpaired) electrons. The van der Waals surface area contributed by atoms with E-state index in [1.807, 2.05) is 42.5 Å². The fourth-order valence-electron chi connectivity index (χ4n) is 2.50. The van der Waals surface area contributed by atoms with Crippen LogP contribution in [-0.4, -0.2) is 22.8 Å². The average molecular weight is 351 g/mol. The number of benzene rings is 1. The zero-order chi connectivity index (χ0) is 17.6. The molecule has 3 aromatic rings. The molecular weight excluding hydrogens is 334 g/mol. The Labute approximate surface area is 150 Å². The van der Waals surface area contributed by atoms with Crippen molar-refractivity contribution in [3.8, 4) is 12.0 Å². The molecule has 6 heteroatoms. The van der Waals surface area contributed by atoms with E-state index in [0.717, 1.165) is 10.6 Å². The van der Waals surface area contributed by atoms with E-state index in [2.05, 4.69) is 11.4 Å². The number of hydrogen-bond donors (Lipinski definition) is 1. The highest BCUT2D eigenvalue weighted by molar-refractivity contribution is 7.99. The van der Waals surface area contributed by atoms with Gasteiger partial charge in [-0.15, -0.1) is 11.8 Å². The van der Waals surface area contributed by atoms with Crippen molar-refractivity contribution in [2.24, 2.45) is 0 Å². The highest BCUT2D eigenvalue weighted by Crippen LogP contribution is 2.25. The lowest BCUT2D eigenvalue weighted by Gasteiger charge is -2.05. The van der Waals surface area contributed by atoms with Crippen molar-refractivity contribution in [1.29, 1.82) is 5.26 Å².